The summed E-state index contributed by atoms with van der Waals surface area (Å²) in [7, 11) is 0. The molecule has 6 nitrogen and oxygen atoms in total. The average Bonchev–Trinajstić information content (AvgIpc) is 2.30. The van der Waals surface area contributed by atoms with Crippen molar-refractivity contribution in [1.29, 1.82) is 0 Å². The molecule has 0 unspecified atom stereocenters. The van der Waals surface area contributed by atoms with E-state index in [9.17, 15) is 14.4 Å². The molecule has 136 valence electrons. The average molecular weight is 339 g/mol. The Kier molecular flexibility index (Phi) is 6.20. The summed E-state index contributed by atoms with van der Waals surface area (Å²) in [6.07, 6.45) is 1.63. The molecule has 0 spiro atoms. The topological polar surface area (TPSA) is 81.7 Å². The van der Waals surface area contributed by atoms with Gasteiger partial charge in [-0.15, -0.1) is 0 Å². The van der Waals surface area contributed by atoms with Gasteiger partial charge in [0.1, 0.15) is 17.4 Å². The number of carbonyl (C=O) groups is 3. The van der Waals surface area contributed by atoms with Gasteiger partial charge in [0.15, 0.2) is 5.78 Å². The number of ether oxygens (including phenoxy) is 2. The van der Waals surface area contributed by atoms with Crippen LogP contribution in [0.2, 0.25) is 0 Å². The van der Waals surface area contributed by atoms with E-state index in [1.54, 1.807) is 34.6 Å². The summed E-state index contributed by atoms with van der Waals surface area (Å²) in [6.45, 7) is 12.7. The van der Waals surface area contributed by atoms with Crippen LogP contribution >= 0.6 is 0 Å². The summed E-state index contributed by atoms with van der Waals surface area (Å²) in [6, 6.07) is -0.846. The lowest BCUT2D eigenvalue weighted by molar-refractivity contribution is -0.144. The van der Waals surface area contributed by atoms with Crippen LogP contribution < -0.4 is 5.32 Å². The molecule has 0 aromatic carbocycles. The molecular formula is C18H29NO5. The molecule has 0 fully saturated rings. The third-order valence-corrected chi connectivity index (χ3v) is 3.45. The first-order chi connectivity index (χ1) is 10.8. The zero-order chi connectivity index (χ0) is 18.7. The van der Waals surface area contributed by atoms with Gasteiger partial charge in [0.05, 0.1) is 0 Å². The number of hydrogen-bond donors (Lipinski definition) is 1. The van der Waals surface area contributed by atoms with Gasteiger partial charge in [-0.2, -0.15) is 0 Å². The van der Waals surface area contributed by atoms with Gasteiger partial charge in [-0.1, -0.05) is 27.7 Å². The summed E-state index contributed by atoms with van der Waals surface area (Å²) in [4.78, 5) is 36.1. The Morgan fingerprint density at radius 2 is 1.79 bits per heavy atom. The fraction of sp³-hybridized carbons (Fsp3) is 0.722. The zero-order valence-corrected chi connectivity index (χ0v) is 15.7. The molecule has 0 aliphatic heterocycles. The lowest BCUT2D eigenvalue weighted by atomic mass is 9.79. The van der Waals surface area contributed by atoms with Crippen molar-refractivity contribution >= 4 is 17.8 Å². The van der Waals surface area contributed by atoms with E-state index in [2.05, 4.69) is 5.32 Å². The van der Waals surface area contributed by atoms with Gasteiger partial charge >= 0.3 is 12.1 Å². The molecule has 6 heteroatoms. The van der Waals surface area contributed by atoms with Gasteiger partial charge in [-0.05, 0) is 32.1 Å². The Bertz CT molecular complexity index is 540. The zero-order valence-electron chi connectivity index (χ0n) is 15.7. The summed E-state index contributed by atoms with van der Waals surface area (Å²) >= 11 is 0. The minimum absolute atomic E-state index is 0.0600. The van der Waals surface area contributed by atoms with E-state index in [1.807, 2.05) is 13.8 Å². The molecule has 0 saturated heterocycles. The number of rotatable bonds is 4. The van der Waals surface area contributed by atoms with Crippen molar-refractivity contribution < 1.29 is 23.9 Å². The van der Waals surface area contributed by atoms with Crippen LogP contribution in [0.4, 0.5) is 4.79 Å². The molecule has 1 N–H and O–H groups in total. The Labute approximate surface area is 144 Å². The number of hydrogen-bond acceptors (Lipinski definition) is 5. The lowest BCUT2D eigenvalue weighted by Gasteiger charge is -2.29. The number of nitrogens with one attached hydrogen (secondary N) is 1. The van der Waals surface area contributed by atoms with Crippen molar-refractivity contribution in [3.05, 3.63) is 11.8 Å². The first kappa shape index (κ1) is 20.2. The maximum Gasteiger partial charge on any atom is 0.408 e. The van der Waals surface area contributed by atoms with Crippen molar-refractivity contribution in [3.63, 3.8) is 0 Å². The molecule has 1 aliphatic rings. The third-order valence-electron chi connectivity index (χ3n) is 3.45. The molecule has 1 amide bonds. The Morgan fingerprint density at radius 1 is 1.21 bits per heavy atom. The van der Waals surface area contributed by atoms with E-state index < -0.39 is 23.7 Å². The SMILES string of the molecule is CC(C)[C@H](NC(=O)OC(C)(C)C)C(=O)OC1=CC(=O)CC(C)(C)C1. The number of esters is 1. The summed E-state index contributed by atoms with van der Waals surface area (Å²) in [5.41, 5.74) is -0.898. The fourth-order valence-corrected chi connectivity index (χ4v) is 2.48. The fourth-order valence-electron chi connectivity index (χ4n) is 2.48. The maximum atomic E-state index is 12.4. The molecule has 0 heterocycles. The molecule has 0 bridgehead atoms. The number of carbonyl (C=O) groups excluding carboxylic acids is 3. The van der Waals surface area contributed by atoms with E-state index in [0.29, 0.717) is 18.6 Å². The highest BCUT2D eigenvalue weighted by atomic mass is 16.6. The summed E-state index contributed by atoms with van der Waals surface area (Å²) in [5, 5.41) is 2.55. The second-order valence-electron chi connectivity index (χ2n) is 8.38. The van der Waals surface area contributed by atoms with E-state index in [0.717, 1.165) is 0 Å². The molecule has 0 saturated carbocycles. The molecule has 1 atom stereocenters. The van der Waals surface area contributed by atoms with E-state index >= 15 is 0 Å². The van der Waals surface area contributed by atoms with Crippen LogP contribution in [0.1, 0.15) is 61.3 Å². The quantitative estimate of drug-likeness (QED) is 0.794. The second-order valence-corrected chi connectivity index (χ2v) is 8.38. The van der Waals surface area contributed by atoms with Crippen molar-refractivity contribution in [3.8, 4) is 0 Å². The molecule has 1 rings (SSSR count). The van der Waals surface area contributed by atoms with Crippen LogP contribution in [0, 0.1) is 11.3 Å². The van der Waals surface area contributed by atoms with Crippen molar-refractivity contribution in [1.82, 2.24) is 5.32 Å². The monoisotopic (exact) mass is 339 g/mol. The van der Waals surface area contributed by atoms with Gasteiger partial charge in [0, 0.05) is 18.9 Å². The van der Waals surface area contributed by atoms with Gasteiger partial charge in [-0.3, -0.25) is 4.79 Å². The molecule has 0 aromatic rings. The van der Waals surface area contributed by atoms with Crippen LogP contribution in [-0.4, -0.2) is 29.5 Å². The molecule has 0 aromatic heterocycles. The Morgan fingerprint density at radius 3 is 2.25 bits per heavy atom. The smallest absolute Gasteiger partial charge is 0.408 e. The summed E-state index contributed by atoms with van der Waals surface area (Å²) < 4.78 is 10.6. The molecule has 24 heavy (non-hydrogen) atoms. The standard InChI is InChI=1S/C18H29NO5/c1-11(2)14(19-16(22)24-17(3,4)5)15(21)23-13-8-12(20)9-18(6,7)10-13/h8,11,14H,9-10H2,1-7H3,(H,19,22)/t14-/m0/s1. The highest BCUT2D eigenvalue weighted by molar-refractivity contribution is 5.92. The van der Waals surface area contributed by atoms with Crippen LogP contribution in [0.15, 0.2) is 11.8 Å². The van der Waals surface area contributed by atoms with Crippen LogP contribution in [0.3, 0.4) is 0 Å². The third kappa shape index (κ3) is 6.72. The van der Waals surface area contributed by atoms with Gasteiger partial charge in [0.25, 0.3) is 0 Å². The number of alkyl carbamates (subject to hydrolysis) is 1. The largest absolute Gasteiger partial charge is 0.444 e. The van der Waals surface area contributed by atoms with Crippen molar-refractivity contribution in [2.75, 3.05) is 0 Å². The number of ketones is 1. The van der Waals surface area contributed by atoms with E-state index in [4.69, 9.17) is 9.47 Å². The van der Waals surface area contributed by atoms with E-state index in [1.165, 1.54) is 6.08 Å². The van der Waals surface area contributed by atoms with Crippen LogP contribution in [0.5, 0.6) is 0 Å². The summed E-state index contributed by atoms with van der Waals surface area (Å²) in [5.74, 6) is -0.487. The predicted molar refractivity (Wildman–Crippen MR) is 90.2 cm³/mol. The minimum Gasteiger partial charge on any atom is -0.444 e. The molecular weight excluding hydrogens is 310 g/mol. The second kappa shape index (κ2) is 7.36. The van der Waals surface area contributed by atoms with Crippen LogP contribution in [0.25, 0.3) is 0 Å². The highest BCUT2D eigenvalue weighted by Crippen LogP contribution is 2.34. The Hall–Kier alpha value is -1.85. The number of allylic oxidation sites excluding steroid dienone is 2. The lowest BCUT2D eigenvalue weighted by Crippen LogP contribution is -2.47. The maximum absolute atomic E-state index is 12.4. The predicted octanol–water partition coefficient (Wildman–Crippen LogP) is 3.35. The first-order valence-electron chi connectivity index (χ1n) is 8.24. The van der Waals surface area contributed by atoms with Crippen molar-refractivity contribution in [2.45, 2.75) is 73.0 Å². The van der Waals surface area contributed by atoms with Crippen molar-refractivity contribution in [2.24, 2.45) is 11.3 Å². The minimum atomic E-state index is -0.846. The van der Waals surface area contributed by atoms with Gasteiger partial charge in [-0.25, -0.2) is 9.59 Å². The number of amides is 1. The molecule has 0 radical (unpaired) electrons. The normalized spacial score (nSPS) is 18.7. The van der Waals surface area contributed by atoms with E-state index in [-0.39, 0.29) is 17.1 Å². The van der Waals surface area contributed by atoms with Gasteiger partial charge < -0.3 is 14.8 Å². The first-order valence-corrected chi connectivity index (χ1v) is 8.24. The Balaban J connectivity index is 2.77. The van der Waals surface area contributed by atoms with Crippen LogP contribution in [-0.2, 0) is 19.1 Å². The highest BCUT2D eigenvalue weighted by Gasteiger charge is 2.33. The van der Waals surface area contributed by atoms with Gasteiger partial charge in [0.2, 0.25) is 0 Å². The molecule has 1 aliphatic carbocycles.